The van der Waals surface area contributed by atoms with Gasteiger partial charge in [0.2, 0.25) is 5.88 Å². The van der Waals surface area contributed by atoms with Gasteiger partial charge in [-0.1, -0.05) is 18.2 Å². The van der Waals surface area contributed by atoms with Crippen molar-refractivity contribution in [1.82, 2.24) is 9.97 Å². The van der Waals surface area contributed by atoms with Crippen LogP contribution in [0.25, 0.3) is 0 Å². The van der Waals surface area contributed by atoms with E-state index in [4.69, 9.17) is 9.84 Å². The predicted molar refractivity (Wildman–Crippen MR) is 59.2 cm³/mol. The van der Waals surface area contributed by atoms with E-state index < -0.39 is 0 Å². The first-order chi connectivity index (χ1) is 7.79. The first-order valence-corrected chi connectivity index (χ1v) is 4.95. The molecule has 1 aromatic heterocycles. The third kappa shape index (κ3) is 2.35. The van der Waals surface area contributed by atoms with Crippen molar-refractivity contribution in [2.45, 2.75) is 13.5 Å². The molecule has 0 radical (unpaired) electrons. The number of rotatable bonds is 3. The summed E-state index contributed by atoms with van der Waals surface area (Å²) in [5.41, 5.74) is 1.57. The Kier molecular flexibility index (Phi) is 3.12. The van der Waals surface area contributed by atoms with E-state index in [2.05, 4.69) is 9.97 Å². The van der Waals surface area contributed by atoms with Crippen molar-refractivity contribution >= 4 is 0 Å². The lowest BCUT2D eigenvalue weighted by Crippen LogP contribution is -1.94. The molecule has 82 valence electrons. The molecule has 0 saturated carbocycles. The largest absolute Gasteiger partial charge is 0.439 e. The van der Waals surface area contributed by atoms with Crippen LogP contribution in [0.5, 0.6) is 11.6 Å². The standard InChI is InChI=1S/C12H12N2O2/c1-9-6-12(14-8-13-9)16-11-5-3-2-4-10(11)7-15/h2-6,8,15H,7H2,1H3. The zero-order chi connectivity index (χ0) is 11.4. The molecule has 2 rings (SSSR count). The van der Waals surface area contributed by atoms with E-state index in [0.29, 0.717) is 11.6 Å². The molecule has 16 heavy (non-hydrogen) atoms. The van der Waals surface area contributed by atoms with Crippen LogP contribution >= 0.6 is 0 Å². The Bertz CT molecular complexity index is 486. The maximum Gasteiger partial charge on any atom is 0.222 e. The smallest absolute Gasteiger partial charge is 0.222 e. The zero-order valence-corrected chi connectivity index (χ0v) is 8.92. The number of ether oxygens (including phenoxy) is 1. The van der Waals surface area contributed by atoms with Gasteiger partial charge in [0.25, 0.3) is 0 Å². The molecule has 0 saturated heterocycles. The quantitative estimate of drug-likeness (QED) is 0.853. The van der Waals surface area contributed by atoms with Gasteiger partial charge in [0.05, 0.1) is 6.61 Å². The molecule has 1 N–H and O–H groups in total. The number of benzene rings is 1. The first kappa shape index (κ1) is 10.6. The summed E-state index contributed by atoms with van der Waals surface area (Å²) >= 11 is 0. The minimum atomic E-state index is -0.0553. The molecule has 1 heterocycles. The first-order valence-electron chi connectivity index (χ1n) is 4.95. The second kappa shape index (κ2) is 4.72. The third-order valence-electron chi connectivity index (χ3n) is 2.14. The summed E-state index contributed by atoms with van der Waals surface area (Å²) in [5.74, 6) is 1.09. The van der Waals surface area contributed by atoms with Crippen LogP contribution in [0.1, 0.15) is 11.3 Å². The van der Waals surface area contributed by atoms with Gasteiger partial charge in [0.1, 0.15) is 12.1 Å². The van der Waals surface area contributed by atoms with Crippen LogP contribution in [-0.2, 0) is 6.61 Å². The van der Waals surface area contributed by atoms with E-state index in [-0.39, 0.29) is 6.61 Å². The minimum absolute atomic E-state index is 0.0553. The normalized spacial score (nSPS) is 10.1. The van der Waals surface area contributed by atoms with Crippen LogP contribution in [0.15, 0.2) is 36.7 Å². The van der Waals surface area contributed by atoms with Gasteiger partial charge in [-0.2, -0.15) is 0 Å². The van der Waals surface area contributed by atoms with E-state index in [1.54, 1.807) is 12.1 Å². The lowest BCUT2D eigenvalue weighted by Gasteiger charge is -2.08. The molecule has 0 bridgehead atoms. The number of hydrogen-bond donors (Lipinski definition) is 1. The highest BCUT2D eigenvalue weighted by Gasteiger charge is 2.04. The van der Waals surface area contributed by atoms with Gasteiger partial charge >= 0.3 is 0 Å². The molecule has 4 nitrogen and oxygen atoms in total. The fourth-order valence-corrected chi connectivity index (χ4v) is 1.33. The van der Waals surface area contributed by atoms with Crippen LogP contribution in [0.3, 0.4) is 0 Å². The molecule has 0 fully saturated rings. The Morgan fingerprint density at radius 3 is 2.81 bits per heavy atom. The number of aliphatic hydroxyl groups excluding tert-OH is 1. The lowest BCUT2D eigenvalue weighted by molar-refractivity contribution is 0.276. The molecule has 2 aromatic rings. The van der Waals surface area contributed by atoms with Crippen molar-refractivity contribution in [3.05, 3.63) is 47.9 Å². The molecule has 0 aliphatic heterocycles. The van der Waals surface area contributed by atoms with Crippen molar-refractivity contribution < 1.29 is 9.84 Å². The van der Waals surface area contributed by atoms with Gasteiger partial charge in [0.15, 0.2) is 0 Å². The molecular weight excluding hydrogens is 204 g/mol. The number of hydrogen-bond acceptors (Lipinski definition) is 4. The van der Waals surface area contributed by atoms with Gasteiger partial charge in [-0.05, 0) is 13.0 Å². The van der Waals surface area contributed by atoms with Gasteiger partial charge in [-0.15, -0.1) is 0 Å². The Morgan fingerprint density at radius 1 is 1.25 bits per heavy atom. The second-order valence-corrected chi connectivity index (χ2v) is 3.37. The fraction of sp³-hybridized carbons (Fsp3) is 0.167. The number of nitrogens with zero attached hydrogens (tertiary/aromatic N) is 2. The van der Waals surface area contributed by atoms with Crippen molar-refractivity contribution in [1.29, 1.82) is 0 Å². The second-order valence-electron chi connectivity index (χ2n) is 3.37. The molecule has 0 unspecified atom stereocenters. The van der Waals surface area contributed by atoms with Gasteiger partial charge in [0, 0.05) is 17.3 Å². The van der Waals surface area contributed by atoms with Crippen molar-refractivity contribution in [3.8, 4) is 11.6 Å². The topological polar surface area (TPSA) is 55.2 Å². The average Bonchev–Trinajstić information content (AvgIpc) is 2.30. The van der Waals surface area contributed by atoms with E-state index >= 15 is 0 Å². The van der Waals surface area contributed by atoms with E-state index in [1.165, 1.54) is 6.33 Å². The molecule has 0 aliphatic carbocycles. The fourth-order valence-electron chi connectivity index (χ4n) is 1.33. The summed E-state index contributed by atoms with van der Waals surface area (Å²) in [6.07, 6.45) is 1.45. The number of aromatic nitrogens is 2. The van der Waals surface area contributed by atoms with Crippen LogP contribution < -0.4 is 4.74 Å². The summed E-state index contributed by atoms with van der Waals surface area (Å²) in [6, 6.07) is 9.05. The van der Waals surface area contributed by atoms with Crippen molar-refractivity contribution in [3.63, 3.8) is 0 Å². The Labute approximate surface area is 93.6 Å². The summed E-state index contributed by atoms with van der Waals surface area (Å²) in [6.45, 7) is 1.81. The van der Waals surface area contributed by atoms with Gasteiger partial charge in [-0.3, -0.25) is 0 Å². The van der Waals surface area contributed by atoms with Crippen LogP contribution in [0, 0.1) is 6.92 Å². The molecule has 0 spiro atoms. The highest BCUT2D eigenvalue weighted by Crippen LogP contribution is 2.23. The number of para-hydroxylation sites is 1. The molecule has 1 aromatic carbocycles. The van der Waals surface area contributed by atoms with E-state index in [0.717, 1.165) is 11.3 Å². The predicted octanol–water partition coefficient (Wildman–Crippen LogP) is 2.07. The van der Waals surface area contributed by atoms with Crippen molar-refractivity contribution in [2.75, 3.05) is 0 Å². The summed E-state index contributed by atoms with van der Waals surface area (Å²) in [5, 5.41) is 9.14. The highest BCUT2D eigenvalue weighted by molar-refractivity contribution is 5.35. The molecule has 0 atom stereocenters. The van der Waals surface area contributed by atoms with E-state index in [1.807, 2.05) is 25.1 Å². The maximum atomic E-state index is 9.14. The number of aliphatic hydroxyl groups is 1. The van der Waals surface area contributed by atoms with E-state index in [9.17, 15) is 0 Å². The van der Waals surface area contributed by atoms with Gasteiger partial charge < -0.3 is 9.84 Å². The Morgan fingerprint density at radius 2 is 2.06 bits per heavy atom. The SMILES string of the molecule is Cc1cc(Oc2ccccc2CO)ncn1. The van der Waals surface area contributed by atoms with Gasteiger partial charge in [-0.25, -0.2) is 9.97 Å². The zero-order valence-electron chi connectivity index (χ0n) is 8.92. The maximum absolute atomic E-state index is 9.14. The Hall–Kier alpha value is -1.94. The summed E-state index contributed by atoms with van der Waals surface area (Å²) < 4.78 is 5.57. The molecule has 4 heteroatoms. The van der Waals surface area contributed by atoms with Crippen molar-refractivity contribution in [2.24, 2.45) is 0 Å². The number of aryl methyl sites for hydroxylation is 1. The molecular formula is C12H12N2O2. The van der Waals surface area contributed by atoms with Crippen LogP contribution in [-0.4, -0.2) is 15.1 Å². The van der Waals surface area contributed by atoms with Crippen LogP contribution in [0.2, 0.25) is 0 Å². The lowest BCUT2D eigenvalue weighted by atomic mass is 10.2. The average molecular weight is 216 g/mol. The summed E-state index contributed by atoms with van der Waals surface area (Å²) in [7, 11) is 0. The van der Waals surface area contributed by atoms with Crippen LogP contribution in [0.4, 0.5) is 0 Å². The Balaban J connectivity index is 2.26. The minimum Gasteiger partial charge on any atom is -0.439 e. The monoisotopic (exact) mass is 216 g/mol. The molecule has 0 amide bonds. The third-order valence-corrected chi connectivity index (χ3v) is 2.14. The summed E-state index contributed by atoms with van der Waals surface area (Å²) in [4.78, 5) is 7.98. The molecule has 0 aliphatic rings. The highest BCUT2D eigenvalue weighted by atomic mass is 16.5.